The Labute approximate surface area is 192 Å². The average Bonchev–Trinajstić information content (AvgIpc) is 3.32. The summed E-state index contributed by atoms with van der Waals surface area (Å²) in [6, 6.07) is 9.54. The largest absolute Gasteiger partial charge is 0.507 e. The predicted octanol–water partition coefficient (Wildman–Crippen LogP) is 3.10. The van der Waals surface area contributed by atoms with Crippen LogP contribution in [0.1, 0.15) is 29.7 Å². The van der Waals surface area contributed by atoms with Crippen LogP contribution in [0.25, 0.3) is 5.76 Å². The number of carbonyl (C=O) groups excluding carboxylic acids is 2. The highest BCUT2D eigenvalue weighted by molar-refractivity contribution is 6.46. The molecule has 33 heavy (non-hydrogen) atoms. The Morgan fingerprint density at radius 1 is 1.12 bits per heavy atom. The molecule has 2 aliphatic rings. The van der Waals surface area contributed by atoms with Gasteiger partial charge in [0.25, 0.3) is 11.7 Å². The van der Waals surface area contributed by atoms with Crippen molar-refractivity contribution in [2.75, 3.05) is 34.5 Å². The van der Waals surface area contributed by atoms with Crippen LogP contribution in [0.15, 0.2) is 42.0 Å². The molecule has 0 saturated carbocycles. The molecule has 4 rings (SSSR count). The number of carbonyl (C=O) groups is 2. The van der Waals surface area contributed by atoms with E-state index in [1.165, 1.54) is 26.2 Å². The number of likely N-dealkylation sites (tertiary alicyclic amines) is 1. The Balaban J connectivity index is 1.89. The Bertz CT molecular complexity index is 1120. The van der Waals surface area contributed by atoms with Crippen molar-refractivity contribution < 1.29 is 33.6 Å². The van der Waals surface area contributed by atoms with Gasteiger partial charge in [0.15, 0.2) is 0 Å². The van der Waals surface area contributed by atoms with Crippen molar-refractivity contribution in [2.24, 2.45) is 0 Å². The van der Waals surface area contributed by atoms with Crippen LogP contribution in [0.2, 0.25) is 0 Å². The van der Waals surface area contributed by atoms with E-state index in [-0.39, 0.29) is 30.6 Å². The third kappa shape index (κ3) is 4.02. The Morgan fingerprint density at radius 2 is 1.91 bits per heavy atom. The van der Waals surface area contributed by atoms with Crippen LogP contribution in [0.3, 0.4) is 0 Å². The first-order valence-electron chi connectivity index (χ1n) is 10.7. The lowest BCUT2D eigenvalue weighted by Gasteiger charge is -2.26. The molecule has 2 unspecified atom stereocenters. The highest BCUT2D eigenvalue weighted by Crippen LogP contribution is 2.44. The maximum Gasteiger partial charge on any atom is 0.295 e. The van der Waals surface area contributed by atoms with Crippen molar-refractivity contribution >= 4 is 17.4 Å². The van der Waals surface area contributed by atoms with Crippen LogP contribution < -0.4 is 14.2 Å². The van der Waals surface area contributed by atoms with Crippen molar-refractivity contribution in [2.45, 2.75) is 25.5 Å². The lowest BCUT2D eigenvalue weighted by atomic mass is 9.93. The number of Topliss-reactive ketones (excluding diaryl/α,β-unsaturated/α-hetero) is 1. The van der Waals surface area contributed by atoms with Gasteiger partial charge in [-0.1, -0.05) is 0 Å². The second-order valence-electron chi connectivity index (χ2n) is 8.05. The summed E-state index contributed by atoms with van der Waals surface area (Å²) < 4.78 is 21.8. The van der Waals surface area contributed by atoms with Gasteiger partial charge in [0.05, 0.1) is 32.4 Å². The number of hydrogen-bond acceptors (Lipinski definition) is 7. The number of nitrogens with zero attached hydrogens (tertiary/aromatic N) is 1. The first-order chi connectivity index (χ1) is 15.9. The van der Waals surface area contributed by atoms with Crippen molar-refractivity contribution in [3.8, 4) is 17.2 Å². The SMILES string of the molecule is COCCN1C(=O)C(=O)C(=C(O)c2ccc3c(c2)CC(C)O3)C1c1cc(OC)ccc1OC. The van der Waals surface area contributed by atoms with Crippen molar-refractivity contribution in [3.63, 3.8) is 0 Å². The molecule has 0 aromatic heterocycles. The fourth-order valence-electron chi connectivity index (χ4n) is 4.40. The van der Waals surface area contributed by atoms with E-state index in [2.05, 4.69) is 0 Å². The summed E-state index contributed by atoms with van der Waals surface area (Å²) in [6.07, 6.45) is 0.740. The molecule has 2 aliphatic heterocycles. The molecule has 0 radical (unpaired) electrons. The van der Waals surface area contributed by atoms with Crippen molar-refractivity contribution in [3.05, 3.63) is 58.7 Å². The van der Waals surface area contributed by atoms with Crippen LogP contribution in [0.4, 0.5) is 0 Å². The highest BCUT2D eigenvalue weighted by Gasteiger charge is 2.47. The van der Waals surface area contributed by atoms with E-state index in [4.69, 9.17) is 18.9 Å². The summed E-state index contributed by atoms with van der Waals surface area (Å²) in [5.74, 6) is 0.0419. The van der Waals surface area contributed by atoms with Gasteiger partial charge in [0.2, 0.25) is 0 Å². The lowest BCUT2D eigenvalue weighted by Crippen LogP contribution is -2.32. The summed E-state index contributed by atoms with van der Waals surface area (Å²) in [5.41, 5.74) is 1.92. The van der Waals surface area contributed by atoms with Gasteiger partial charge in [0.1, 0.15) is 29.1 Å². The molecule has 2 aromatic rings. The maximum absolute atomic E-state index is 13.2. The van der Waals surface area contributed by atoms with Gasteiger partial charge in [-0.2, -0.15) is 0 Å². The number of ether oxygens (including phenoxy) is 4. The van der Waals surface area contributed by atoms with Crippen LogP contribution in [0, 0.1) is 0 Å². The smallest absolute Gasteiger partial charge is 0.295 e. The molecule has 1 fully saturated rings. The topological polar surface area (TPSA) is 94.5 Å². The number of rotatable bonds is 7. The van der Waals surface area contributed by atoms with E-state index >= 15 is 0 Å². The molecule has 8 heteroatoms. The average molecular weight is 453 g/mol. The molecule has 0 aliphatic carbocycles. The summed E-state index contributed by atoms with van der Waals surface area (Å²) in [5, 5.41) is 11.3. The van der Waals surface area contributed by atoms with Crippen LogP contribution in [-0.4, -0.2) is 62.3 Å². The molecule has 1 saturated heterocycles. The van der Waals surface area contributed by atoms with E-state index < -0.39 is 17.7 Å². The number of ketones is 1. The zero-order chi connectivity index (χ0) is 23.7. The van der Waals surface area contributed by atoms with Crippen molar-refractivity contribution in [1.29, 1.82) is 0 Å². The number of fused-ring (bicyclic) bond motifs is 1. The van der Waals surface area contributed by atoms with Gasteiger partial charge in [0, 0.05) is 31.2 Å². The van der Waals surface area contributed by atoms with Gasteiger partial charge in [-0.3, -0.25) is 9.59 Å². The van der Waals surface area contributed by atoms with Gasteiger partial charge in [-0.25, -0.2) is 0 Å². The maximum atomic E-state index is 13.2. The van der Waals surface area contributed by atoms with Gasteiger partial charge in [-0.05, 0) is 48.9 Å². The summed E-state index contributed by atoms with van der Waals surface area (Å²) in [4.78, 5) is 27.6. The van der Waals surface area contributed by atoms with E-state index in [9.17, 15) is 14.7 Å². The third-order valence-electron chi connectivity index (χ3n) is 5.98. The lowest BCUT2D eigenvalue weighted by molar-refractivity contribution is -0.140. The number of aliphatic hydroxyl groups excluding tert-OH is 1. The van der Waals surface area contributed by atoms with Gasteiger partial charge >= 0.3 is 0 Å². The highest BCUT2D eigenvalue weighted by atomic mass is 16.5. The van der Waals surface area contributed by atoms with E-state index in [1.807, 2.05) is 6.92 Å². The zero-order valence-corrected chi connectivity index (χ0v) is 19.1. The quantitative estimate of drug-likeness (QED) is 0.391. The summed E-state index contributed by atoms with van der Waals surface area (Å²) in [6.45, 7) is 2.36. The minimum absolute atomic E-state index is 0.00503. The molecule has 1 N–H and O–H groups in total. The van der Waals surface area contributed by atoms with Crippen LogP contribution in [0.5, 0.6) is 17.2 Å². The summed E-state index contributed by atoms with van der Waals surface area (Å²) in [7, 11) is 4.56. The van der Waals surface area contributed by atoms with E-state index in [0.29, 0.717) is 29.0 Å². The Morgan fingerprint density at radius 3 is 2.61 bits per heavy atom. The second kappa shape index (κ2) is 9.15. The van der Waals surface area contributed by atoms with Crippen LogP contribution in [-0.2, 0) is 20.7 Å². The molecule has 2 aromatic carbocycles. The fourth-order valence-corrected chi connectivity index (χ4v) is 4.40. The Hall–Kier alpha value is -3.52. The molecule has 1 amide bonds. The molecular weight excluding hydrogens is 426 g/mol. The number of amides is 1. The number of benzene rings is 2. The molecule has 0 spiro atoms. The molecule has 2 atom stereocenters. The predicted molar refractivity (Wildman–Crippen MR) is 121 cm³/mol. The number of aliphatic hydroxyl groups is 1. The minimum atomic E-state index is -0.867. The van der Waals surface area contributed by atoms with Crippen molar-refractivity contribution in [1.82, 2.24) is 4.90 Å². The van der Waals surface area contributed by atoms with E-state index in [1.54, 1.807) is 36.4 Å². The number of hydrogen-bond donors (Lipinski definition) is 1. The third-order valence-corrected chi connectivity index (χ3v) is 5.98. The minimum Gasteiger partial charge on any atom is -0.507 e. The van der Waals surface area contributed by atoms with Gasteiger partial charge < -0.3 is 29.0 Å². The normalized spacial score (nSPS) is 21.2. The second-order valence-corrected chi connectivity index (χ2v) is 8.05. The monoisotopic (exact) mass is 453 g/mol. The van der Waals surface area contributed by atoms with Gasteiger partial charge in [-0.15, -0.1) is 0 Å². The first-order valence-corrected chi connectivity index (χ1v) is 10.7. The first kappa shape index (κ1) is 22.7. The molecule has 2 heterocycles. The molecule has 0 bridgehead atoms. The number of methoxy groups -OCH3 is 3. The fraction of sp³-hybridized carbons (Fsp3) is 0.360. The zero-order valence-electron chi connectivity index (χ0n) is 19.1. The van der Waals surface area contributed by atoms with Crippen LogP contribution >= 0.6 is 0 Å². The molecule has 174 valence electrons. The standard InChI is InChI=1S/C25H27NO7/c1-14-11-16-12-15(5-7-19(16)33-14)23(27)21-22(26(9-10-30-2)25(29)24(21)28)18-13-17(31-3)6-8-20(18)32-4/h5-8,12-14,22,27H,9-11H2,1-4H3. The molecule has 8 nitrogen and oxygen atoms in total. The molecular formula is C25H27NO7. The summed E-state index contributed by atoms with van der Waals surface area (Å²) >= 11 is 0. The van der Waals surface area contributed by atoms with E-state index in [0.717, 1.165) is 11.3 Å². The Kier molecular flexibility index (Phi) is 6.29.